The molecule has 0 N–H and O–H groups in total. The van der Waals surface area contributed by atoms with Crippen molar-refractivity contribution in [1.82, 2.24) is 9.78 Å². The molecule has 0 fully saturated rings. The van der Waals surface area contributed by atoms with Gasteiger partial charge in [0.2, 0.25) is 0 Å². The molecule has 0 saturated carbocycles. The van der Waals surface area contributed by atoms with Crippen molar-refractivity contribution in [1.29, 1.82) is 0 Å². The van der Waals surface area contributed by atoms with Gasteiger partial charge < -0.3 is 0 Å². The fourth-order valence-corrected chi connectivity index (χ4v) is 1.66. The lowest BCUT2D eigenvalue weighted by Crippen LogP contribution is -1.94. The Labute approximate surface area is 82.3 Å². The van der Waals surface area contributed by atoms with Crippen LogP contribution in [0.15, 0.2) is 18.3 Å². The molecule has 74 valence electrons. The third-order valence-electron chi connectivity index (χ3n) is 2.52. The van der Waals surface area contributed by atoms with Crippen molar-refractivity contribution in [3.8, 4) is 0 Å². The molecule has 14 heavy (non-hydrogen) atoms. The van der Waals surface area contributed by atoms with Crippen molar-refractivity contribution in [2.45, 2.75) is 19.8 Å². The number of nitrogens with zero attached hydrogens (tertiary/aromatic N) is 2. The molecule has 1 aromatic heterocycles. The Kier molecular flexibility index (Phi) is 2.02. The summed E-state index contributed by atoms with van der Waals surface area (Å²) in [6, 6.07) is 3.75. The fraction of sp³-hybridized carbons (Fsp3) is 0.364. The summed E-state index contributed by atoms with van der Waals surface area (Å²) in [6.07, 6.45) is 1.58. The highest BCUT2D eigenvalue weighted by atomic mass is 19.1. The van der Waals surface area contributed by atoms with Gasteiger partial charge in [-0.2, -0.15) is 5.10 Å². The summed E-state index contributed by atoms with van der Waals surface area (Å²) in [6.45, 7) is 3.97. The van der Waals surface area contributed by atoms with Gasteiger partial charge in [-0.15, -0.1) is 0 Å². The number of hydrogen-bond donors (Lipinski definition) is 0. The molecule has 3 heteroatoms. The monoisotopic (exact) mass is 192 g/mol. The molecule has 0 unspecified atom stereocenters. The van der Waals surface area contributed by atoms with Crippen LogP contribution in [0.25, 0.3) is 10.9 Å². The average Bonchev–Trinajstić information content (AvgIpc) is 2.49. The fourth-order valence-electron chi connectivity index (χ4n) is 1.66. The Morgan fingerprint density at radius 1 is 1.36 bits per heavy atom. The molecule has 0 radical (unpaired) electrons. The van der Waals surface area contributed by atoms with Gasteiger partial charge >= 0.3 is 0 Å². The molecule has 0 aliphatic heterocycles. The van der Waals surface area contributed by atoms with Crippen molar-refractivity contribution in [3.63, 3.8) is 0 Å². The summed E-state index contributed by atoms with van der Waals surface area (Å²) < 4.78 is 15.6. The topological polar surface area (TPSA) is 17.8 Å². The maximum Gasteiger partial charge on any atom is 0.137 e. The second-order valence-corrected chi connectivity index (χ2v) is 3.82. The van der Waals surface area contributed by atoms with Crippen molar-refractivity contribution in [2.24, 2.45) is 7.05 Å². The van der Waals surface area contributed by atoms with Gasteiger partial charge in [0.25, 0.3) is 0 Å². The third-order valence-corrected chi connectivity index (χ3v) is 2.52. The summed E-state index contributed by atoms with van der Waals surface area (Å²) >= 11 is 0. The van der Waals surface area contributed by atoms with Crippen molar-refractivity contribution in [3.05, 3.63) is 29.7 Å². The zero-order valence-electron chi connectivity index (χ0n) is 8.58. The molecular formula is C11H13FN2. The van der Waals surface area contributed by atoms with E-state index in [1.165, 1.54) is 0 Å². The predicted molar refractivity (Wildman–Crippen MR) is 54.8 cm³/mol. The lowest BCUT2D eigenvalue weighted by molar-refractivity contribution is 0.610. The molecule has 0 aliphatic rings. The molecule has 0 amide bonds. The quantitative estimate of drug-likeness (QED) is 0.679. The van der Waals surface area contributed by atoms with E-state index >= 15 is 0 Å². The van der Waals surface area contributed by atoms with E-state index in [1.54, 1.807) is 10.9 Å². The van der Waals surface area contributed by atoms with Crippen molar-refractivity contribution in [2.75, 3.05) is 0 Å². The number of fused-ring (bicyclic) bond motifs is 1. The van der Waals surface area contributed by atoms with E-state index in [0.717, 1.165) is 11.1 Å². The summed E-state index contributed by atoms with van der Waals surface area (Å²) in [4.78, 5) is 0. The number of benzene rings is 1. The van der Waals surface area contributed by atoms with Gasteiger partial charge in [-0.1, -0.05) is 19.9 Å². The van der Waals surface area contributed by atoms with E-state index in [-0.39, 0.29) is 11.7 Å². The number of hydrogen-bond acceptors (Lipinski definition) is 1. The van der Waals surface area contributed by atoms with Crippen LogP contribution in [0.5, 0.6) is 0 Å². The highest BCUT2D eigenvalue weighted by Crippen LogP contribution is 2.25. The normalized spacial score (nSPS) is 11.5. The average molecular weight is 192 g/mol. The SMILES string of the molecule is CC(C)c1ccc2c(cnn2C)c1F. The van der Waals surface area contributed by atoms with Gasteiger partial charge in [0.05, 0.1) is 17.1 Å². The zero-order valence-corrected chi connectivity index (χ0v) is 8.58. The van der Waals surface area contributed by atoms with Crippen LogP contribution in [0.1, 0.15) is 25.3 Å². The van der Waals surface area contributed by atoms with Crippen LogP contribution in [0.3, 0.4) is 0 Å². The van der Waals surface area contributed by atoms with Gasteiger partial charge in [-0.05, 0) is 17.5 Å². The molecule has 0 bridgehead atoms. The van der Waals surface area contributed by atoms with Crippen molar-refractivity contribution < 1.29 is 4.39 Å². The standard InChI is InChI=1S/C11H13FN2/c1-7(2)8-4-5-10-9(11(8)12)6-13-14(10)3/h4-7H,1-3H3. The third kappa shape index (κ3) is 1.20. The lowest BCUT2D eigenvalue weighted by Gasteiger charge is -2.07. The molecule has 0 spiro atoms. The largest absolute Gasteiger partial charge is 0.268 e. The Bertz CT molecular complexity index is 471. The second-order valence-electron chi connectivity index (χ2n) is 3.82. The summed E-state index contributed by atoms with van der Waals surface area (Å²) in [7, 11) is 1.82. The maximum atomic E-state index is 13.9. The smallest absolute Gasteiger partial charge is 0.137 e. The van der Waals surface area contributed by atoms with E-state index < -0.39 is 0 Å². The van der Waals surface area contributed by atoms with Crippen molar-refractivity contribution >= 4 is 10.9 Å². The van der Waals surface area contributed by atoms with Crippen LogP contribution in [0, 0.1) is 5.82 Å². The molecule has 0 saturated heterocycles. The van der Waals surface area contributed by atoms with E-state index in [4.69, 9.17) is 0 Å². The molecule has 1 heterocycles. The first-order valence-electron chi connectivity index (χ1n) is 4.71. The number of halogens is 1. The van der Waals surface area contributed by atoms with Crippen LogP contribution in [0.2, 0.25) is 0 Å². The summed E-state index contributed by atoms with van der Waals surface area (Å²) in [5.41, 5.74) is 1.59. The Morgan fingerprint density at radius 2 is 2.07 bits per heavy atom. The summed E-state index contributed by atoms with van der Waals surface area (Å²) in [5, 5.41) is 4.64. The lowest BCUT2D eigenvalue weighted by atomic mass is 10.0. The van der Waals surface area contributed by atoms with Gasteiger partial charge in [-0.3, -0.25) is 4.68 Å². The van der Waals surface area contributed by atoms with Crippen LogP contribution in [0.4, 0.5) is 4.39 Å². The molecular weight excluding hydrogens is 179 g/mol. The van der Waals surface area contributed by atoms with E-state index in [9.17, 15) is 4.39 Å². The van der Waals surface area contributed by atoms with Gasteiger partial charge in [0.1, 0.15) is 5.82 Å². The highest BCUT2D eigenvalue weighted by molar-refractivity contribution is 5.80. The van der Waals surface area contributed by atoms with Crippen LogP contribution in [-0.4, -0.2) is 9.78 Å². The predicted octanol–water partition coefficient (Wildman–Crippen LogP) is 2.84. The molecule has 1 aromatic carbocycles. The van der Waals surface area contributed by atoms with E-state index in [0.29, 0.717) is 5.39 Å². The van der Waals surface area contributed by atoms with Gasteiger partial charge in [-0.25, -0.2) is 4.39 Å². The molecule has 2 aromatic rings. The minimum atomic E-state index is -0.134. The van der Waals surface area contributed by atoms with Gasteiger partial charge in [0, 0.05) is 7.05 Å². The van der Waals surface area contributed by atoms with Crippen LogP contribution >= 0.6 is 0 Å². The first kappa shape index (κ1) is 9.19. The van der Waals surface area contributed by atoms with Crippen LogP contribution in [-0.2, 0) is 7.05 Å². The number of aromatic nitrogens is 2. The summed E-state index contributed by atoms with van der Waals surface area (Å²) in [5.74, 6) is 0.0743. The van der Waals surface area contributed by atoms with Crippen LogP contribution < -0.4 is 0 Å². The Morgan fingerprint density at radius 3 is 2.71 bits per heavy atom. The minimum Gasteiger partial charge on any atom is -0.268 e. The van der Waals surface area contributed by atoms with E-state index in [2.05, 4.69) is 5.10 Å². The van der Waals surface area contributed by atoms with E-state index in [1.807, 2.05) is 33.0 Å². The minimum absolute atomic E-state index is 0.134. The first-order valence-corrected chi connectivity index (χ1v) is 4.71. The molecule has 0 aliphatic carbocycles. The molecule has 2 nitrogen and oxygen atoms in total. The molecule has 0 atom stereocenters. The Balaban J connectivity index is 2.76. The zero-order chi connectivity index (χ0) is 10.3. The Hall–Kier alpha value is -1.38. The number of rotatable bonds is 1. The molecule has 2 rings (SSSR count). The maximum absolute atomic E-state index is 13.9. The first-order chi connectivity index (χ1) is 6.61. The second kappa shape index (κ2) is 3.08. The van der Waals surface area contributed by atoms with Gasteiger partial charge in [0.15, 0.2) is 0 Å². The number of aryl methyl sites for hydroxylation is 1. The highest BCUT2D eigenvalue weighted by Gasteiger charge is 2.12.